The zero-order valence-electron chi connectivity index (χ0n) is 11.8. The molecule has 0 amide bonds. The molecule has 19 heavy (non-hydrogen) atoms. The van der Waals surface area contributed by atoms with Crippen molar-refractivity contribution in [2.75, 3.05) is 13.1 Å². The van der Waals surface area contributed by atoms with Crippen molar-refractivity contribution in [3.63, 3.8) is 0 Å². The minimum absolute atomic E-state index is 0.845. The van der Waals surface area contributed by atoms with Crippen LogP contribution in [0.3, 0.4) is 0 Å². The van der Waals surface area contributed by atoms with Gasteiger partial charge in [-0.2, -0.15) is 0 Å². The summed E-state index contributed by atoms with van der Waals surface area (Å²) < 4.78 is 20.5. The lowest BCUT2D eigenvalue weighted by Gasteiger charge is -2.25. The SMILES string of the molecule is CCCCN(CC)SP(=O)(OC1=CCCCC1)SN. The Morgan fingerprint density at radius 2 is 2.26 bits per heavy atom. The minimum atomic E-state index is -2.91. The van der Waals surface area contributed by atoms with E-state index in [1.54, 1.807) is 0 Å². The van der Waals surface area contributed by atoms with Gasteiger partial charge in [0.25, 0.3) is 0 Å². The third-order valence-corrected chi connectivity index (χ3v) is 8.41. The first-order chi connectivity index (χ1) is 9.13. The Morgan fingerprint density at radius 1 is 1.47 bits per heavy atom. The maximum absolute atomic E-state index is 12.7. The van der Waals surface area contributed by atoms with Crippen molar-refractivity contribution >= 4 is 28.9 Å². The molecule has 0 bridgehead atoms. The fourth-order valence-corrected chi connectivity index (χ4v) is 6.56. The summed E-state index contributed by atoms with van der Waals surface area (Å²) in [5.74, 6) is -2.06. The Morgan fingerprint density at radius 3 is 2.79 bits per heavy atom. The second-order valence-corrected chi connectivity index (χ2v) is 11.2. The molecule has 1 atom stereocenters. The number of rotatable bonds is 9. The van der Waals surface area contributed by atoms with Crippen molar-refractivity contribution in [1.29, 1.82) is 0 Å². The van der Waals surface area contributed by atoms with Gasteiger partial charge in [-0.05, 0) is 31.8 Å². The first kappa shape index (κ1) is 17.4. The Kier molecular flexibility index (Phi) is 8.58. The lowest BCUT2D eigenvalue weighted by Crippen LogP contribution is -2.16. The van der Waals surface area contributed by atoms with E-state index in [9.17, 15) is 4.57 Å². The summed E-state index contributed by atoms with van der Waals surface area (Å²) in [4.78, 5) is 0. The van der Waals surface area contributed by atoms with Crippen molar-refractivity contribution < 1.29 is 9.09 Å². The zero-order chi connectivity index (χ0) is 14.1. The van der Waals surface area contributed by atoms with E-state index in [0.717, 1.165) is 62.5 Å². The van der Waals surface area contributed by atoms with Crippen LogP contribution in [0.4, 0.5) is 0 Å². The van der Waals surface area contributed by atoms with E-state index in [-0.39, 0.29) is 0 Å². The van der Waals surface area contributed by atoms with Crippen LogP contribution >= 0.6 is 28.9 Å². The van der Waals surface area contributed by atoms with Crippen LogP contribution in [0.15, 0.2) is 11.8 Å². The van der Waals surface area contributed by atoms with Crippen LogP contribution in [0, 0.1) is 0 Å². The maximum Gasteiger partial charge on any atom is 0.388 e. The predicted octanol–water partition coefficient (Wildman–Crippen LogP) is 4.95. The molecule has 2 N–H and O–H groups in total. The second kappa shape index (κ2) is 9.35. The molecule has 0 fully saturated rings. The van der Waals surface area contributed by atoms with Gasteiger partial charge in [0.05, 0.1) is 0 Å². The van der Waals surface area contributed by atoms with Gasteiger partial charge in [0, 0.05) is 42.6 Å². The highest BCUT2D eigenvalue weighted by atomic mass is 33.1. The Bertz CT molecular complexity index is 340. The third-order valence-electron chi connectivity index (χ3n) is 2.94. The predicted molar refractivity (Wildman–Crippen MR) is 86.8 cm³/mol. The third kappa shape index (κ3) is 6.58. The molecule has 1 rings (SSSR count). The van der Waals surface area contributed by atoms with Gasteiger partial charge >= 0.3 is 5.77 Å². The molecule has 1 aliphatic rings. The molecule has 0 radical (unpaired) electrons. The molecule has 0 heterocycles. The highest BCUT2D eigenvalue weighted by Gasteiger charge is 2.30. The molecule has 0 aromatic heterocycles. The molecule has 1 unspecified atom stereocenters. The summed E-state index contributed by atoms with van der Waals surface area (Å²) in [5, 5.41) is 5.61. The molecule has 1 aliphatic carbocycles. The van der Waals surface area contributed by atoms with Gasteiger partial charge in [0.15, 0.2) is 0 Å². The fraction of sp³-hybridized carbons (Fsp3) is 0.833. The van der Waals surface area contributed by atoms with Gasteiger partial charge in [-0.1, -0.05) is 20.3 Å². The van der Waals surface area contributed by atoms with Gasteiger partial charge in [-0.15, -0.1) is 0 Å². The quantitative estimate of drug-likeness (QED) is 0.478. The highest BCUT2D eigenvalue weighted by molar-refractivity contribution is 8.88. The molecule has 0 spiro atoms. The van der Waals surface area contributed by atoms with Crippen LogP contribution in [0.1, 0.15) is 52.4 Å². The fourth-order valence-electron chi connectivity index (χ4n) is 1.83. The summed E-state index contributed by atoms with van der Waals surface area (Å²) in [6, 6.07) is 0. The topological polar surface area (TPSA) is 55.6 Å². The summed E-state index contributed by atoms with van der Waals surface area (Å²) >= 11 is 2.15. The number of unbranched alkanes of at least 4 members (excludes halogenated alkanes) is 1. The van der Waals surface area contributed by atoms with Crippen LogP contribution in [-0.4, -0.2) is 17.4 Å². The van der Waals surface area contributed by atoms with Gasteiger partial charge in [-0.25, -0.2) is 4.31 Å². The number of nitrogens with two attached hydrogens (primary N) is 1. The molecular formula is C12H25N2O2PS2. The molecule has 112 valence electrons. The largest absolute Gasteiger partial charge is 0.432 e. The van der Waals surface area contributed by atoms with Gasteiger partial charge in [-0.3, -0.25) is 9.70 Å². The Hall–Kier alpha value is 0.390. The molecule has 4 nitrogen and oxygen atoms in total. The van der Waals surface area contributed by atoms with Crippen molar-refractivity contribution in [1.82, 2.24) is 4.31 Å². The standard InChI is InChI=1S/C12H25N2O2PS2/c1-3-5-11-14(4-2)19-17(15,18-13)16-12-9-7-6-8-10-12/h9H,3-8,10-11,13H2,1-2H3. The monoisotopic (exact) mass is 324 g/mol. The van der Waals surface area contributed by atoms with Crippen LogP contribution in [0.25, 0.3) is 0 Å². The van der Waals surface area contributed by atoms with Gasteiger partial charge < -0.3 is 4.52 Å². The molecule has 0 saturated heterocycles. The van der Waals surface area contributed by atoms with E-state index >= 15 is 0 Å². The molecule has 0 aliphatic heterocycles. The maximum atomic E-state index is 12.7. The zero-order valence-corrected chi connectivity index (χ0v) is 14.4. The van der Waals surface area contributed by atoms with Crippen LogP contribution in [-0.2, 0) is 9.09 Å². The molecular weight excluding hydrogens is 299 g/mol. The molecule has 0 saturated carbocycles. The van der Waals surface area contributed by atoms with E-state index in [4.69, 9.17) is 9.66 Å². The summed E-state index contributed by atoms with van der Waals surface area (Å²) in [5.41, 5.74) is 0. The summed E-state index contributed by atoms with van der Waals surface area (Å²) in [6.07, 6.45) is 8.47. The normalized spacial score (nSPS) is 19.1. The number of hydrogen-bond donors (Lipinski definition) is 1. The second-order valence-electron chi connectivity index (χ2n) is 4.52. The average Bonchev–Trinajstić information content (AvgIpc) is 2.44. The van der Waals surface area contributed by atoms with E-state index in [0.29, 0.717) is 0 Å². The van der Waals surface area contributed by atoms with Gasteiger partial charge in [0.1, 0.15) is 5.76 Å². The molecule has 7 heteroatoms. The van der Waals surface area contributed by atoms with E-state index in [2.05, 4.69) is 24.2 Å². The lowest BCUT2D eigenvalue weighted by atomic mass is 10.1. The van der Waals surface area contributed by atoms with Crippen LogP contribution in [0.5, 0.6) is 0 Å². The van der Waals surface area contributed by atoms with Gasteiger partial charge in [0.2, 0.25) is 0 Å². The lowest BCUT2D eigenvalue weighted by molar-refractivity contribution is 0.393. The summed E-state index contributed by atoms with van der Waals surface area (Å²) in [7, 11) is 0. The van der Waals surface area contributed by atoms with Crippen molar-refractivity contribution in [2.24, 2.45) is 5.14 Å². The minimum Gasteiger partial charge on any atom is -0.432 e. The Balaban J connectivity index is 2.57. The number of hydrogen-bond acceptors (Lipinski definition) is 6. The first-order valence-electron chi connectivity index (χ1n) is 6.95. The number of nitrogens with zero attached hydrogens (tertiary/aromatic N) is 1. The van der Waals surface area contributed by atoms with E-state index in [1.807, 2.05) is 0 Å². The van der Waals surface area contributed by atoms with E-state index in [1.165, 1.54) is 18.0 Å². The smallest absolute Gasteiger partial charge is 0.388 e. The van der Waals surface area contributed by atoms with Crippen LogP contribution < -0.4 is 5.14 Å². The van der Waals surface area contributed by atoms with Crippen LogP contribution in [0.2, 0.25) is 0 Å². The van der Waals surface area contributed by atoms with E-state index < -0.39 is 5.77 Å². The van der Waals surface area contributed by atoms with Crippen molar-refractivity contribution in [3.05, 3.63) is 11.8 Å². The number of allylic oxidation sites excluding steroid dienone is 2. The molecule has 0 aromatic rings. The first-order valence-corrected chi connectivity index (χ1v) is 11.4. The van der Waals surface area contributed by atoms with Crippen molar-refractivity contribution in [2.45, 2.75) is 52.4 Å². The Labute approximate surface area is 125 Å². The summed E-state index contributed by atoms with van der Waals surface area (Å²) in [6.45, 7) is 5.98. The van der Waals surface area contributed by atoms with Crippen molar-refractivity contribution in [3.8, 4) is 0 Å². The molecule has 0 aromatic carbocycles. The average molecular weight is 324 g/mol. The highest BCUT2D eigenvalue weighted by Crippen LogP contribution is 2.70.